The number of nitrogens with one attached hydrogen (secondary N) is 3. The van der Waals surface area contributed by atoms with Crippen LogP contribution in [0.2, 0.25) is 0 Å². The summed E-state index contributed by atoms with van der Waals surface area (Å²) in [6.45, 7) is 8.65. The topological polar surface area (TPSA) is 115 Å². The van der Waals surface area contributed by atoms with E-state index in [2.05, 4.69) is 21.7 Å². The van der Waals surface area contributed by atoms with Crippen molar-refractivity contribution < 1.29 is 14.4 Å². The van der Waals surface area contributed by atoms with Gasteiger partial charge >= 0.3 is 0 Å². The third kappa shape index (κ3) is 5.76. The zero-order valence-electron chi connectivity index (χ0n) is 19.2. The molecule has 0 saturated carbocycles. The molecule has 2 heterocycles. The van der Waals surface area contributed by atoms with E-state index < -0.39 is 12.0 Å². The first kappa shape index (κ1) is 23.5. The first-order valence-electron chi connectivity index (χ1n) is 11.2. The van der Waals surface area contributed by atoms with Gasteiger partial charge in [-0.2, -0.15) is 5.26 Å². The molecule has 2 aromatic rings. The highest BCUT2D eigenvalue weighted by atomic mass is 16.2. The van der Waals surface area contributed by atoms with Crippen LogP contribution in [0.4, 0.5) is 0 Å². The minimum Gasteiger partial charge on any atom is -0.356 e. The fraction of sp³-hybridized carbons (Fsp3) is 0.520. The lowest BCUT2D eigenvalue weighted by Gasteiger charge is -2.26. The van der Waals surface area contributed by atoms with Gasteiger partial charge in [0.15, 0.2) is 5.78 Å². The predicted molar refractivity (Wildman–Crippen MR) is 123 cm³/mol. The number of hydrogen-bond donors (Lipinski definition) is 3. The van der Waals surface area contributed by atoms with Gasteiger partial charge in [-0.25, -0.2) is 0 Å². The molecular formula is C25H32N4O3. The van der Waals surface area contributed by atoms with Crippen molar-refractivity contribution in [3.63, 3.8) is 0 Å². The Morgan fingerprint density at radius 3 is 2.66 bits per heavy atom. The van der Waals surface area contributed by atoms with Crippen molar-refractivity contribution in [3.8, 4) is 6.07 Å². The molecule has 3 atom stereocenters. The van der Waals surface area contributed by atoms with Gasteiger partial charge < -0.3 is 15.6 Å². The highest BCUT2D eigenvalue weighted by Gasteiger charge is 2.32. The van der Waals surface area contributed by atoms with Crippen LogP contribution in [0.5, 0.6) is 0 Å². The highest BCUT2D eigenvalue weighted by molar-refractivity contribution is 6.01. The summed E-state index contributed by atoms with van der Waals surface area (Å²) < 4.78 is 0. The molecule has 1 aromatic heterocycles. The summed E-state index contributed by atoms with van der Waals surface area (Å²) in [5.74, 6) is -1.35. The van der Waals surface area contributed by atoms with Gasteiger partial charge in [0.25, 0.3) is 0 Å². The molecule has 0 aliphatic carbocycles. The fourth-order valence-corrected chi connectivity index (χ4v) is 4.38. The monoisotopic (exact) mass is 436 g/mol. The number of hydrogen-bond acceptors (Lipinski definition) is 4. The molecule has 0 unspecified atom stereocenters. The first-order valence-corrected chi connectivity index (χ1v) is 11.2. The van der Waals surface area contributed by atoms with Gasteiger partial charge in [-0.05, 0) is 43.2 Å². The van der Waals surface area contributed by atoms with Crippen LogP contribution in [0.15, 0.2) is 24.3 Å². The number of nitriles is 1. The number of fused-ring (bicyclic) bond motifs is 1. The number of H-pyrrole nitrogens is 1. The lowest BCUT2D eigenvalue weighted by Crippen LogP contribution is -2.41. The second-order valence-electron chi connectivity index (χ2n) is 10.0. The molecule has 1 aliphatic heterocycles. The number of benzene rings is 1. The van der Waals surface area contributed by atoms with E-state index in [-0.39, 0.29) is 41.8 Å². The Hall–Kier alpha value is -3.14. The summed E-state index contributed by atoms with van der Waals surface area (Å²) in [4.78, 5) is 41.2. The van der Waals surface area contributed by atoms with E-state index in [4.69, 9.17) is 0 Å². The van der Waals surface area contributed by atoms with E-state index in [0.29, 0.717) is 25.1 Å². The van der Waals surface area contributed by atoms with Crippen LogP contribution in [-0.2, 0) is 9.59 Å². The number of carbonyl (C=O) groups is 3. The SMILES string of the molecule is Cc1cccc2cc(C(=O)C[C@@H](CC(C)(C)C)C(=O)N[C@H](C#N)C[C@@H]3CCNC3=O)[nH]c12. The van der Waals surface area contributed by atoms with Crippen molar-refractivity contribution in [2.75, 3.05) is 6.54 Å². The molecule has 3 rings (SSSR count). The number of aromatic nitrogens is 1. The van der Waals surface area contributed by atoms with Crippen molar-refractivity contribution in [1.82, 2.24) is 15.6 Å². The third-order valence-corrected chi connectivity index (χ3v) is 5.98. The molecule has 1 saturated heterocycles. The molecule has 3 N–H and O–H groups in total. The lowest BCUT2D eigenvalue weighted by atomic mass is 9.81. The summed E-state index contributed by atoms with van der Waals surface area (Å²) in [6.07, 6.45) is 1.51. The van der Waals surface area contributed by atoms with Gasteiger partial charge in [-0.3, -0.25) is 14.4 Å². The van der Waals surface area contributed by atoms with Crippen LogP contribution in [0.1, 0.15) is 62.5 Å². The number of aryl methyl sites for hydroxylation is 1. The summed E-state index contributed by atoms with van der Waals surface area (Å²) in [5, 5.41) is 16.0. The Kier molecular flexibility index (Phi) is 7.02. The molecular weight excluding hydrogens is 404 g/mol. The van der Waals surface area contributed by atoms with Gasteiger partial charge in [0.05, 0.1) is 11.8 Å². The predicted octanol–water partition coefficient (Wildman–Crippen LogP) is 3.64. The lowest BCUT2D eigenvalue weighted by molar-refractivity contribution is -0.127. The van der Waals surface area contributed by atoms with Gasteiger partial charge in [0.2, 0.25) is 11.8 Å². The maximum Gasteiger partial charge on any atom is 0.224 e. The van der Waals surface area contributed by atoms with E-state index in [0.717, 1.165) is 16.5 Å². The zero-order valence-corrected chi connectivity index (χ0v) is 19.2. The van der Waals surface area contributed by atoms with E-state index in [9.17, 15) is 19.6 Å². The van der Waals surface area contributed by atoms with Crippen LogP contribution in [0.25, 0.3) is 10.9 Å². The Labute approximate surface area is 188 Å². The molecule has 0 bridgehead atoms. The number of aromatic amines is 1. The first-order chi connectivity index (χ1) is 15.1. The summed E-state index contributed by atoms with van der Waals surface area (Å²) in [6, 6.07) is 9.05. The Morgan fingerprint density at radius 2 is 2.06 bits per heavy atom. The van der Waals surface area contributed by atoms with Crippen LogP contribution in [-0.4, -0.2) is 35.2 Å². The third-order valence-electron chi connectivity index (χ3n) is 5.98. The van der Waals surface area contributed by atoms with Gasteiger partial charge in [-0.1, -0.05) is 39.0 Å². The second kappa shape index (κ2) is 9.56. The molecule has 1 aliphatic rings. The van der Waals surface area contributed by atoms with Crippen LogP contribution in [0, 0.1) is 35.5 Å². The molecule has 7 nitrogen and oxygen atoms in total. The highest BCUT2D eigenvalue weighted by Crippen LogP contribution is 2.29. The average Bonchev–Trinajstić information content (AvgIpc) is 3.33. The summed E-state index contributed by atoms with van der Waals surface area (Å²) in [7, 11) is 0. The van der Waals surface area contributed by atoms with Gasteiger partial charge in [0.1, 0.15) is 6.04 Å². The molecule has 32 heavy (non-hydrogen) atoms. The minimum absolute atomic E-state index is 0.0526. The van der Waals surface area contributed by atoms with E-state index in [1.165, 1.54) is 0 Å². The maximum absolute atomic E-state index is 13.1. The largest absolute Gasteiger partial charge is 0.356 e. The minimum atomic E-state index is -0.760. The second-order valence-corrected chi connectivity index (χ2v) is 10.0. The number of para-hydroxylation sites is 1. The van der Waals surface area contributed by atoms with Crippen molar-refractivity contribution >= 4 is 28.5 Å². The maximum atomic E-state index is 13.1. The molecule has 0 radical (unpaired) electrons. The van der Waals surface area contributed by atoms with Crippen LogP contribution >= 0.6 is 0 Å². The van der Waals surface area contributed by atoms with E-state index >= 15 is 0 Å². The van der Waals surface area contributed by atoms with Crippen LogP contribution < -0.4 is 10.6 Å². The number of nitrogens with zero attached hydrogens (tertiary/aromatic N) is 1. The molecule has 170 valence electrons. The van der Waals surface area contributed by atoms with Crippen molar-refractivity contribution in [2.45, 2.75) is 59.4 Å². The quantitative estimate of drug-likeness (QED) is 0.548. The van der Waals surface area contributed by atoms with Gasteiger partial charge in [-0.15, -0.1) is 0 Å². The Bertz CT molecular complexity index is 1060. The number of amides is 2. The number of ketones is 1. The van der Waals surface area contributed by atoms with Crippen LogP contribution in [0.3, 0.4) is 0 Å². The average molecular weight is 437 g/mol. The van der Waals surface area contributed by atoms with Crippen molar-refractivity contribution in [1.29, 1.82) is 5.26 Å². The van der Waals surface area contributed by atoms with E-state index in [1.54, 1.807) is 0 Å². The zero-order chi connectivity index (χ0) is 23.5. The number of carbonyl (C=O) groups excluding carboxylic acids is 3. The molecule has 7 heteroatoms. The molecule has 2 amide bonds. The number of Topliss-reactive ketones (excluding diaryl/α,β-unsaturated/α-hetero) is 1. The Morgan fingerprint density at radius 1 is 1.31 bits per heavy atom. The van der Waals surface area contributed by atoms with Crippen molar-refractivity contribution in [3.05, 3.63) is 35.5 Å². The molecule has 0 spiro atoms. The van der Waals surface area contributed by atoms with E-state index in [1.807, 2.05) is 52.0 Å². The Balaban J connectivity index is 1.73. The standard InChI is InChI=1S/C25H32N4O3/c1-15-6-5-7-16-11-20(29-22(15)16)21(30)12-18(13-25(2,3)4)24(32)28-19(14-26)10-17-8-9-27-23(17)31/h5-7,11,17-19,29H,8-10,12-13H2,1-4H3,(H,27,31)(H,28,32)/t17-,18-,19-/m0/s1. The molecule has 1 fully saturated rings. The smallest absolute Gasteiger partial charge is 0.224 e. The fourth-order valence-electron chi connectivity index (χ4n) is 4.38. The molecule has 1 aromatic carbocycles. The van der Waals surface area contributed by atoms with Crippen molar-refractivity contribution in [2.24, 2.45) is 17.3 Å². The summed E-state index contributed by atoms with van der Waals surface area (Å²) in [5.41, 5.74) is 2.29. The van der Waals surface area contributed by atoms with Gasteiger partial charge in [0, 0.05) is 35.7 Å². The normalized spacial score (nSPS) is 18.1. The summed E-state index contributed by atoms with van der Waals surface area (Å²) >= 11 is 0. The number of rotatable bonds is 8.